The molecule has 13 heavy (non-hydrogen) atoms. The van der Waals surface area contributed by atoms with E-state index in [1.807, 2.05) is 36.7 Å². The van der Waals surface area contributed by atoms with Crippen molar-refractivity contribution >= 4 is 17.6 Å². The van der Waals surface area contributed by atoms with Crippen molar-refractivity contribution in [3.63, 3.8) is 0 Å². The van der Waals surface area contributed by atoms with Gasteiger partial charge in [0.1, 0.15) is 0 Å². The van der Waals surface area contributed by atoms with Crippen LogP contribution in [0.4, 0.5) is 11.4 Å². The Morgan fingerprint density at radius 1 is 1.23 bits per heavy atom. The minimum atomic E-state index is 0.790. The SMILES string of the molecule is Nc1ccc(N2C=CN=CC2)cc1. The van der Waals surface area contributed by atoms with Gasteiger partial charge in [0.05, 0.1) is 6.54 Å². The smallest absolute Gasteiger partial charge is 0.0579 e. The van der Waals surface area contributed by atoms with Crippen molar-refractivity contribution in [3.8, 4) is 0 Å². The molecule has 1 heterocycles. The molecule has 0 spiro atoms. The third-order valence-corrected chi connectivity index (χ3v) is 1.94. The molecule has 0 saturated carbocycles. The molecule has 0 aromatic heterocycles. The number of anilines is 2. The molecule has 0 bridgehead atoms. The molecule has 0 radical (unpaired) electrons. The molecular formula is C10H11N3. The molecule has 0 amide bonds. The molecular weight excluding hydrogens is 162 g/mol. The average molecular weight is 173 g/mol. The fraction of sp³-hybridized carbons (Fsp3) is 0.100. The number of rotatable bonds is 1. The molecule has 0 aliphatic carbocycles. The number of hydrogen-bond acceptors (Lipinski definition) is 3. The summed E-state index contributed by atoms with van der Waals surface area (Å²) in [6.45, 7) is 0.820. The summed E-state index contributed by atoms with van der Waals surface area (Å²) < 4.78 is 0. The van der Waals surface area contributed by atoms with Crippen LogP contribution >= 0.6 is 0 Å². The standard InChI is InChI=1S/C10H11N3/c11-9-1-3-10(4-2-9)13-7-5-12-6-8-13/h1-7H,8,11H2. The lowest BCUT2D eigenvalue weighted by Gasteiger charge is -2.19. The summed E-state index contributed by atoms with van der Waals surface area (Å²) in [5.74, 6) is 0. The van der Waals surface area contributed by atoms with Crippen molar-refractivity contribution in [1.82, 2.24) is 0 Å². The monoisotopic (exact) mass is 173 g/mol. The first-order valence-electron chi connectivity index (χ1n) is 4.17. The van der Waals surface area contributed by atoms with Gasteiger partial charge < -0.3 is 10.6 Å². The first-order valence-corrected chi connectivity index (χ1v) is 4.17. The fourth-order valence-electron chi connectivity index (χ4n) is 1.23. The van der Waals surface area contributed by atoms with Gasteiger partial charge in [-0.15, -0.1) is 0 Å². The highest BCUT2D eigenvalue weighted by Gasteiger charge is 2.02. The Balaban J connectivity index is 2.21. The van der Waals surface area contributed by atoms with Crippen molar-refractivity contribution in [2.45, 2.75) is 0 Å². The summed E-state index contributed by atoms with van der Waals surface area (Å²) in [7, 11) is 0. The van der Waals surface area contributed by atoms with Crippen LogP contribution in [0.2, 0.25) is 0 Å². The predicted octanol–water partition coefficient (Wildman–Crippen LogP) is 1.63. The lowest BCUT2D eigenvalue weighted by Crippen LogP contribution is -2.20. The number of nitrogens with zero attached hydrogens (tertiary/aromatic N) is 2. The molecule has 0 saturated heterocycles. The molecule has 0 unspecified atom stereocenters. The van der Waals surface area contributed by atoms with E-state index in [0.29, 0.717) is 0 Å². The Labute approximate surface area is 77.2 Å². The number of aliphatic imine (C=N–C) groups is 1. The molecule has 1 aliphatic heterocycles. The summed E-state index contributed by atoms with van der Waals surface area (Å²) in [5.41, 5.74) is 7.52. The second-order valence-corrected chi connectivity index (χ2v) is 2.87. The van der Waals surface area contributed by atoms with Gasteiger partial charge in [-0.1, -0.05) is 0 Å². The third kappa shape index (κ3) is 1.69. The van der Waals surface area contributed by atoms with Gasteiger partial charge in [-0.3, -0.25) is 4.99 Å². The maximum absolute atomic E-state index is 5.59. The molecule has 1 aromatic carbocycles. The quantitative estimate of drug-likeness (QED) is 0.656. The van der Waals surface area contributed by atoms with Crippen molar-refractivity contribution < 1.29 is 0 Å². The molecule has 0 atom stereocenters. The van der Waals surface area contributed by atoms with Crippen LogP contribution in [0.25, 0.3) is 0 Å². The van der Waals surface area contributed by atoms with Crippen molar-refractivity contribution in [2.24, 2.45) is 4.99 Å². The summed E-state index contributed by atoms with van der Waals surface area (Å²) in [5, 5.41) is 0. The first-order chi connectivity index (χ1) is 6.36. The van der Waals surface area contributed by atoms with E-state index in [4.69, 9.17) is 5.73 Å². The summed E-state index contributed by atoms with van der Waals surface area (Å²) in [6.07, 6.45) is 5.60. The van der Waals surface area contributed by atoms with Crippen molar-refractivity contribution in [2.75, 3.05) is 17.2 Å². The van der Waals surface area contributed by atoms with Crippen molar-refractivity contribution in [1.29, 1.82) is 0 Å². The van der Waals surface area contributed by atoms with Gasteiger partial charge in [-0.25, -0.2) is 0 Å². The highest BCUT2D eigenvalue weighted by atomic mass is 15.1. The molecule has 2 N–H and O–H groups in total. The van der Waals surface area contributed by atoms with Crippen LogP contribution in [0, 0.1) is 0 Å². The molecule has 0 fully saturated rings. The van der Waals surface area contributed by atoms with Crippen LogP contribution in [0.1, 0.15) is 0 Å². The highest BCUT2D eigenvalue weighted by molar-refractivity contribution is 5.70. The molecule has 3 heteroatoms. The Hall–Kier alpha value is -1.77. The van der Waals surface area contributed by atoms with Crippen molar-refractivity contribution in [3.05, 3.63) is 36.7 Å². The summed E-state index contributed by atoms with van der Waals surface area (Å²) >= 11 is 0. The lowest BCUT2D eigenvalue weighted by molar-refractivity contribution is 1.11. The van der Waals surface area contributed by atoms with E-state index >= 15 is 0 Å². The molecule has 2 rings (SSSR count). The molecule has 1 aromatic rings. The minimum absolute atomic E-state index is 0.790. The normalized spacial score (nSPS) is 14.9. The van der Waals surface area contributed by atoms with Gasteiger partial charge in [0.15, 0.2) is 0 Å². The highest BCUT2D eigenvalue weighted by Crippen LogP contribution is 2.16. The lowest BCUT2D eigenvalue weighted by atomic mass is 10.2. The van der Waals surface area contributed by atoms with Gasteiger partial charge >= 0.3 is 0 Å². The van der Waals surface area contributed by atoms with E-state index in [9.17, 15) is 0 Å². The van der Waals surface area contributed by atoms with Gasteiger partial charge in [0.25, 0.3) is 0 Å². The maximum Gasteiger partial charge on any atom is 0.0579 e. The van der Waals surface area contributed by atoms with E-state index in [2.05, 4.69) is 9.89 Å². The zero-order valence-electron chi connectivity index (χ0n) is 7.22. The zero-order chi connectivity index (χ0) is 9.10. The van der Waals surface area contributed by atoms with Crippen LogP contribution < -0.4 is 10.6 Å². The van der Waals surface area contributed by atoms with E-state index in [-0.39, 0.29) is 0 Å². The first kappa shape index (κ1) is 7.86. The van der Waals surface area contributed by atoms with E-state index in [1.54, 1.807) is 6.20 Å². The maximum atomic E-state index is 5.59. The number of benzene rings is 1. The summed E-state index contributed by atoms with van der Waals surface area (Å²) in [4.78, 5) is 6.10. The second-order valence-electron chi connectivity index (χ2n) is 2.87. The Kier molecular flexibility index (Phi) is 2.00. The van der Waals surface area contributed by atoms with E-state index in [0.717, 1.165) is 17.9 Å². The van der Waals surface area contributed by atoms with Gasteiger partial charge in [0, 0.05) is 30.0 Å². The van der Waals surface area contributed by atoms with Crippen LogP contribution in [-0.2, 0) is 0 Å². The largest absolute Gasteiger partial charge is 0.399 e. The van der Waals surface area contributed by atoms with Crippen LogP contribution in [0.3, 0.4) is 0 Å². The molecule has 1 aliphatic rings. The van der Waals surface area contributed by atoms with Crippen LogP contribution in [0.5, 0.6) is 0 Å². The Bertz CT molecular complexity index is 338. The van der Waals surface area contributed by atoms with E-state index < -0.39 is 0 Å². The second kappa shape index (κ2) is 3.31. The Morgan fingerprint density at radius 2 is 2.00 bits per heavy atom. The number of nitrogens with two attached hydrogens (primary N) is 1. The van der Waals surface area contributed by atoms with Gasteiger partial charge in [-0.2, -0.15) is 0 Å². The minimum Gasteiger partial charge on any atom is -0.399 e. The molecule has 3 nitrogen and oxygen atoms in total. The number of nitrogen functional groups attached to an aromatic ring is 1. The van der Waals surface area contributed by atoms with Crippen LogP contribution in [0.15, 0.2) is 41.7 Å². The topological polar surface area (TPSA) is 41.6 Å². The average Bonchev–Trinajstić information content (AvgIpc) is 2.20. The van der Waals surface area contributed by atoms with E-state index in [1.165, 1.54) is 0 Å². The van der Waals surface area contributed by atoms with Gasteiger partial charge in [0.2, 0.25) is 0 Å². The number of hydrogen-bond donors (Lipinski definition) is 1. The third-order valence-electron chi connectivity index (χ3n) is 1.94. The molecule has 66 valence electrons. The predicted molar refractivity (Wildman–Crippen MR) is 55.8 cm³/mol. The summed E-state index contributed by atoms with van der Waals surface area (Å²) in [6, 6.07) is 7.79. The van der Waals surface area contributed by atoms with Crippen LogP contribution in [-0.4, -0.2) is 12.8 Å². The van der Waals surface area contributed by atoms with Gasteiger partial charge in [-0.05, 0) is 24.3 Å². The fourth-order valence-corrected chi connectivity index (χ4v) is 1.23. The Morgan fingerprint density at radius 3 is 2.62 bits per heavy atom. The zero-order valence-corrected chi connectivity index (χ0v) is 7.22.